The number of aromatic nitrogens is 3. The number of methoxy groups -OCH3 is 2. The summed E-state index contributed by atoms with van der Waals surface area (Å²) in [5, 5.41) is 3.31. The molecule has 0 aliphatic carbocycles. The zero-order valence-corrected chi connectivity index (χ0v) is 17.7. The Kier molecular flexibility index (Phi) is 6.18. The van der Waals surface area contributed by atoms with E-state index in [4.69, 9.17) is 24.9 Å². The van der Waals surface area contributed by atoms with Gasteiger partial charge in [-0.15, -0.1) is 0 Å². The Hall–Kier alpha value is -4.11. The summed E-state index contributed by atoms with van der Waals surface area (Å²) in [4.78, 5) is 20.5. The summed E-state index contributed by atoms with van der Waals surface area (Å²) in [6.07, 6.45) is 5.42. The number of carbonyl (C=O) groups excluding carboxylic acids is 1. The minimum Gasteiger partial charge on any atom is -0.493 e. The Bertz CT molecular complexity index is 1240. The van der Waals surface area contributed by atoms with Gasteiger partial charge in [0.2, 0.25) is 5.91 Å². The number of fused-ring (bicyclic) bond motifs is 1. The van der Waals surface area contributed by atoms with Crippen molar-refractivity contribution < 1.29 is 19.0 Å². The molecule has 0 atom stereocenters. The Morgan fingerprint density at radius 3 is 2.62 bits per heavy atom. The molecular formula is C23H23N5O4. The first-order chi connectivity index (χ1) is 15.6. The minimum absolute atomic E-state index is 0.423. The maximum absolute atomic E-state index is 11.4. The van der Waals surface area contributed by atoms with Gasteiger partial charge in [-0.25, -0.2) is 9.97 Å². The van der Waals surface area contributed by atoms with Crippen molar-refractivity contribution >= 4 is 23.1 Å². The molecule has 1 amide bonds. The van der Waals surface area contributed by atoms with E-state index in [2.05, 4.69) is 10.3 Å². The van der Waals surface area contributed by atoms with E-state index in [9.17, 15) is 4.79 Å². The highest BCUT2D eigenvalue weighted by Gasteiger charge is 2.12. The fourth-order valence-corrected chi connectivity index (χ4v) is 3.20. The van der Waals surface area contributed by atoms with Crippen molar-refractivity contribution in [3.8, 4) is 22.8 Å². The molecule has 0 unspecified atom stereocenters. The molecule has 2 aromatic heterocycles. The number of nitrogens with one attached hydrogen (secondary N) is 1. The van der Waals surface area contributed by atoms with Gasteiger partial charge in [0, 0.05) is 48.6 Å². The van der Waals surface area contributed by atoms with Gasteiger partial charge in [-0.3, -0.25) is 4.79 Å². The summed E-state index contributed by atoms with van der Waals surface area (Å²) in [6, 6.07) is 12.5. The first-order valence-corrected chi connectivity index (χ1v) is 9.90. The van der Waals surface area contributed by atoms with Gasteiger partial charge in [0.1, 0.15) is 6.61 Å². The van der Waals surface area contributed by atoms with Crippen molar-refractivity contribution in [2.24, 2.45) is 5.73 Å². The first kappa shape index (κ1) is 21.1. The van der Waals surface area contributed by atoms with Gasteiger partial charge in [0.25, 0.3) is 0 Å². The van der Waals surface area contributed by atoms with E-state index >= 15 is 0 Å². The molecule has 4 rings (SSSR count). The maximum atomic E-state index is 11.4. The molecule has 0 bridgehead atoms. The second-order valence-corrected chi connectivity index (χ2v) is 6.91. The molecule has 9 heteroatoms. The Morgan fingerprint density at radius 1 is 1.09 bits per heavy atom. The Morgan fingerprint density at radius 2 is 1.91 bits per heavy atom. The lowest BCUT2D eigenvalue weighted by atomic mass is 10.1. The number of benzene rings is 2. The quantitative estimate of drug-likeness (QED) is 0.390. The molecular weight excluding hydrogens is 410 g/mol. The lowest BCUT2D eigenvalue weighted by Gasteiger charge is -2.14. The van der Waals surface area contributed by atoms with Crippen LogP contribution in [0.25, 0.3) is 16.9 Å². The average molecular weight is 433 g/mol. The largest absolute Gasteiger partial charge is 0.493 e. The number of amides is 1. The molecule has 164 valence electrons. The topological polar surface area (TPSA) is 113 Å². The van der Waals surface area contributed by atoms with E-state index in [0.29, 0.717) is 47.4 Å². The van der Waals surface area contributed by atoms with Gasteiger partial charge in [0.15, 0.2) is 23.0 Å². The third kappa shape index (κ3) is 4.47. The minimum atomic E-state index is -0.472. The lowest BCUT2D eigenvalue weighted by molar-refractivity contribution is 0.100. The summed E-state index contributed by atoms with van der Waals surface area (Å²) in [5.74, 6) is 1.31. The van der Waals surface area contributed by atoms with Gasteiger partial charge in [0.05, 0.1) is 19.4 Å². The number of hydrogen-bond acceptors (Lipinski definition) is 7. The van der Waals surface area contributed by atoms with Crippen LogP contribution in [0.2, 0.25) is 0 Å². The number of rotatable bonds is 9. The zero-order chi connectivity index (χ0) is 22.5. The number of nitrogens with zero attached hydrogens (tertiary/aromatic N) is 3. The van der Waals surface area contributed by atoms with Crippen LogP contribution >= 0.6 is 0 Å². The molecule has 2 heterocycles. The summed E-state index contributed by atoms with van der Waals surface area (Å²) < 4.78 is 18.1. The highest BCUT2D eigenvalue weighted by molar-refractivity contribution is 5.93. The van der Waals surface area contributed by atoms with E-state index in [0.717, 1.165) is 11.3 Å². The molecule has 0 aliphatic rings. The molecule has 0 spiro atoms. The number of ether oxygens (including phenoxy) is 3. The molecule has 0 aliphatic heterocycles. The van der Waals surface area contributed by atoms with Crippen molar-refractivity contribution in [1.29, 1.82) is 0 Å². The third-order valence-corrected chi connectivity index (χ3v) is 4.81. The van der Waals surface area contributed by atoms with E-state index in [1.165, 1.54) is 0 Å². The van der Waals surface area contributed by atoms with Crippen LogP contribution in [0.4, 0.5) is 11.5 Å². The zero-order valence-electron chi connectivity index (χ0n) is 17.7. The predicted octanol–water partition coefficient (Wildman–Crippen LogP) is 3.27. The second kappa shape index (κ2) is 9.36. The van der Waals surface area contributed by atoms with Crippen LogP contribution in [-0.2, 0) is 4.74 Å². The summed E-state index contributed by atoms with van der Waals surface area (Å²) in [7, 11) is 3.21. The summed E-state index contributed by atoms with van der Waals surface area (Å²) in [5.41, 5.74) is 8.76. The monoisotopic (exact) mass is 433 g/mol. The average Bonchev–Trinajstić information content (AvgIpc) is 3.29. The van der Waals surface area contributed by atoms with Crippen LogP contribution in [0.5, 0.6) is 11.5 Å². The molecule has 0 radical (unpaired) electrons. The highest BCUT2D eigenvalue weighted by atomic mass is 16.5. The van der Waals surface area contributed by atoms with Crippen molar-refractivity contribution in [1.82, 2.24) is 14.4 Å². The van der Waals surface area contributed by atoms with Gasteiger partial charge in [-0.05, 0) is 24.3 Å². The molecule has 32 heavy (non-hydrogen) atoms. The van der Waals surface area contributed by atoms with E-state index in [1.54, 1.807) is 32.5 Å². The number of imidazole rings is 1. The van der Waals surface area contributed by atoms with Crippen LogP contribution in [0.3, 0.4) is 0 Å². The van der Waals surface area contributed by atoms with Crippen LogP contribution in [0, 0.1) is 0 Å². The second-order valence-electron chi connectivity index (χ2n) is 6.91. The Balaban J connectivity index is 1.65. The van der Waals surface area contributed by atoms with Crippen molar-refractivity contribution in [3.63, 3.8) is 0 Å². The SMILES string of the molecule is COCCOc1ccc(Nc2nc(-c3ccc(C(N)=O)cc3)cn3ccnc23)cc1OC. The summed E-state index contributed by atoms with van der Waals surface area (Å²) >= 11 is 0. The molecule has 2 aromatic carbocycles. The third-order valence-electron chi connectivity index (χ3n) is 4.81. The van der Waals surface area contributed by atoms with Crippen LogP contribution in [0.15, 0.2) is 61.1 Å². The maximum Gasteiger partial charge on any atom is 0.248 e. The number of nitrogens with two attached hydrogens (primary N) is 1. The standard InChI is InChI=1S/C23H23N5O4/c1-30-11-12-32-19-8-7-17(13-20(19)31-2)26-22-23-25-9-10-28(23)14-18(27-22)15-3-5-16(6-4-15)21(24)29/h3-10,13-14H,11-12H2,1-2H3,(H2,24,29)(H,26,27). The van der Waals surface area contributed by atoms with Gasteiger partial charge < -0.3 is 29.7 Å². The molecule has 4 aromatic rings. The van der Waals surface area contributed by atoms with Gasteiger partial charge in [-0.2, -0.15) is 0 Å². The Labute approximate surface area is 184 Å². The highest BCUT2D eigenvalue weighted by Crippen LogP contribution is 2.32. The van der Waals surface area contributed by atoms with Crippen LogP contribution in [0.1, 0.15) is 10.4 Å². The number of anilines is 2. The smallest absolute Gasteiger partial charge is 0.248 e. The lowest BCUT2D eigenvalue weighted by Crippen LogP contribution is -2.10. The van der Waals surface area contributed by atoms with Crippen LogP contribution < -0.4 is 20.5 Å². The van der Waals surface area contributed by atoms with E-state index in [-0.39, 0.29) is 0 Å². The number of carbonyl (C=O) groups is 1. The van der Waals surface area contributed by atoms with Crippen molar-refractivity contribution in [3.05, 3.63) is 66.6 Å². The first-order valence-electron chi connectivity index (χ1n) is 9.90. The van der Waals surface area contributed by atoms with Gasteiger partial charge in [-0.1, -0.05) is 12.1 Å². The fourth-order valence-electron chi connectivity index (χ4n) is 3.20. The van der Waals surface area contributed by atoms with E-state index in [1.807, 2.05) is 47.1 Å². The molecule has 0 saturated heterocycles. The van der Waals surface area contributed by atoms with Crippen molar-refractivity contribution in [2.75, 3.05) is 32.8 Å². The predicted molar refractivity (Wildman–Crippen MR) is 121 cm³/mol. The van der Waals surface area contributed by atoms with Crippen LogP contribution in [-0.4, -0.2) is 47.7 Å². The number of primary amides is 1. The van der Waals surface area contributed by atoms with E-state index < -0.39 is 5.91 Å². The van der Waals surface area contributed by atoms with Gasteiger partial charge >= 0.3 is 0 Å². The van der Waals surface area contributed by atoms with Crippen molar-refractivity contribution in [2.45, 2.75) is 0 Å². The molecule has 9 nitrogen and oxygen atoms in total. The molecule has 0 saturated carbocycles. The number of hydrogen-bond donors (Lipinski definition) is 2. The molecule has 0 fully saturated rings. The molecule has 3 N–H and O–H groups in total. The summed E-state index contributed by atoms with van der Waals surface area (Å²) in [6.45, 7) is 0.907. The normalized spacial score (nSPS) is 10.8. The fraction of sp³-hybridized carbons (Fsp3) is 0.174.